The first kappa shape index (κ1) is 22.5. The molecular weight excluding hydrogens is 441 g/mol. The average Bonchev–Trinajstić information content (AvgIpc) is 3.32. The fourth-order valence-corrected chi connectivity index (χ4v) is 4.18. The number of rotatable bonds is 9. The Balaban J connectivity index is 1.48. The molecule has 4 aromatic rings. The molecule has 0 aliphatic rings. The Bertz CT molecular complexity index is 1180. The highest BCUT2D eigenvalue weighted by molar-refractivity contribution is 7.99. The lowest BCUT2D eigenvalue weighted by molar-refractivity contribution is -0.121. The molecule has 0 saturated carbocycles. The first-order valence-electron chi connectivity index (χ1n) is 10.3. The fraction of sp³-hybridized carbons (Fsp3) is 0.167. The van der Waals surface area contributed by atoms with Gasteiger partial charge < -0.3 is 10.1 Å². The van der Waals surface area contributed by atoms with Crippen molar-refractivity contribution in [1.29, 1.82) is 0 Å². The molecule has 0 fully saturated rings. The molecule has 33 heavy (non-hydrogen) atoms. The lowest BCUT2D eigenvalue weighted by atomic mass is 10.1. The van der Waals surface area contributed by atoms with Gasteiger partial charge in [0.25, 0.3) is 0 Å². The summed E-state index contributed by atoms with van der Waals surface area (Å²) >= 11 is 1.38. The summed E-state index contributed by atoms with van der Waals surface area (Å²) in [6.07, 6.45) is 3.65. The van der Waals surface area contributed by atoms with E-state index in [1.165, 1.54) is 23.9 Å². The quantitative estimate of drug-likeness (QED) is 0.354. The van der Waals surface area contributed by atoms with E-state index in [2.05, 4.69) is 25.5 Å². The van der Waals surface area contributed by atoms with Crippen molar-refractivity contribution in [2.24, 2.45) is 0 Å². The number of nitrogens with one attached hydrogen (secondary N) is 2. The van der Waals surface area contributed by atoms with Crippen molar-refractivity contribution >= 4 is 17.7 Å². The SMILES string of the molecule is COc1ccc([C@@H](CC(=O)NCc2cccnc2)Sc2n[nH]c(-c3ccc(F)cc3)n2)cc1. The Hall–Kier alpha value is -3.72. The van der Waals surface area contributed by atoms with Gasteiger partial charge in [0.2, 0.25) is 11.1 Å². The van der Waals surface area contributed by atoms with Gasteiger partial charge in [-0.05, 0) is 53.6 Å². The molecule has 9 heteroatoms. The first-order chi connectivity index (χ1) is 16.1. The highest BCUT2D eigenvalue weighted by atomic mass is 32.2. The number of hydrogen-bond donors (Lipinski definition) is 2. The van der Waals surface area contributed by atoms with Crippen LogP contribution in [0.4, 0.5) is 4.39 Å². The van der Waals surface area contributed by atoms with Gasteiger partial charge >= 0.3 is 0 Å². The lowest BCUT2D eigenvalue weighted by Crippen LogP contribution is -2.24. The summed E-state index contributed by atoms with van der Waals surface area (Å²) in [6, 6.07) is 17.3. The number of methoxy groups -OCH3 is 1. The summed E-state index contributed by atoms with van der Waals surface area (Å²) in [6.45, 7) is 0.405. The van der Waals surface area contributed by atoms with Crippen LogP contribution in [0.1, 0.15) is 22.8 Å². The summed E-state index contributed by atoms with van der Waals surface area (Å²) in [4.78, 5) is 21.3. The standard InChI is InChI=1S/C24H22FN5O2S/c1-32-20-10-6-17(7-11-20)21(13-22(31)27-15-16-3-2-12-26-14-16)33-24-28-23(29-30-24)18-4-8-19(25)9-5-18/h2-12,14,21H,13,15H2,1H3,(H,27,31)(H,28,29,30)/t21-/m1/s1. The van der Waals surface area contributed by atoms with E-state index in [4.69, 9.17) is 4.74 Å². The molecule has 1 amide bonds. The third kappa shape index (κ3) is 6.17. The number of nitrogens with zero attached hydrogens (tertiary/aromatic N) is 3. The van der Waals surface area contributed by atoms with E-state index < -0.39 is 0 Å². The third-order valence-corrected chi connectivity index (χ3v) is 6.02. The van der Waals surface area contributed by atoms with E-state index >= 15 is 0 Å². The average molecular weight is 464 g/mol. The largest absolute Gasteiger partial charge is 0.497 e. The molecule has 0 unspecified atom stereocenters. The van der Waals surface area contributed by atoms with Crippen LogP contribution in [-0.4, -0.2) is 33.2 Å². The molecule has 168 valence electrons. The normalized spacial score (nSPS) is 11.7. The van der Waals surface area contributed by atoms with E-state index in [1.807, 2.05) is 36.4 Å². The first-order valence-corrected chi connectivity index (χ1v) is 11.1. The Kier molecular flexibility index (Phi) is 7.31. The summed E-state index contributed by atoms with van der Waals surface area (Å²) in [5.74, 6) is 0.859. The monoisotopic (exact) mass is 463 g/mol. The van der Waals surface area contributed by atoms with Crippen LogP contribution in [0, 0.1) is 5.82 Å². The molecule has 0 saturated heterocycles. The number of benzene rings is 2. The zero-order chi connectivity index (χ0) is 23.0. The zero-order valence-electron chi connectivity index (χ0n) is 17.9. The molecule has 7 nitrogen and oxygen atoms in total. The highest BCUT2D eigenvalue weighted by Gasteiger charge is 2.20. The van der Waals surface area contributed by atoms with Crippen molar-refractivity contribution in [3.63, 3.8) is 0 Å². The Morgan fingerprint density at radius 3 is 2.64 bits per heavy atom. The van der Waals surface area contributed by atoms with Crippen molar-refractivity contribution in [2.45, 2.75) is 23.4 Å². The Labute approximate surface area is 194 Å². The zero-order valence-corrected chi connectivity index (χ0v) is 18.7. The minimum atomic E-state index is -0.315. The molecule has 4 rings (SSSR count). The van der Waals surface area contributed by atoms with Crippen molar-refractivity contribution < 1.29 is 13.9 Å². The van der Waals surface area contributed by atoms with Crippen LogP contribution in [0.2, 0.25) is 0 Å². The molecule has 0 radical (unpaired) electrons. The predicted octanol–water partition coefficient (Wildman–Crippen LogP) is 4.55. The van der Waals surface area contributed by atoms with Crippen LogP contribution >= 0.6 is 11.8 Å². The Morgan fingerprint density at radius 1 is 1.15 bits per heavy atom. The van der Waals surface area contributed by atoms with Crippen molar-refractivity contribution in [3.05, 3.63) is 90.0 Å². The molecule has 2 heterocycles. The topological polar surface area (TPSA) is 92.8 Å². The van der Waals surface area contributed by atoms with Crippen LogP contribution in [0.3, 0.4) is 0 Å². The minimum Gasteiger partial charge on any atom is -0.497 e. The highest BCUT2D eigenvalue weighted by Crippen LogP contribution is 2.37. The second kappa shape index (κ2) is 10.7. The van der Waals surface area contributed by atoms with E-state index in [0.29, 0.717) is 17.5 Å². The maximum Gasteiger partial charge on any atom is 0.221 e. The van der Waals surface area contributed by atoms with E-state index in [0.717, 1.165) is 22.4 Å². The van der Waals surface area contributed by atoms with Gasteiger partial charge in [-0.15, -0.1) is 5.10 Å². The van der Waals surface area contributed by atoms with E-state index in [-0.39, 0.29) is 23.4 Å². The number of H-pyrrole nitrogens is 1. The molecule has 0 bridgehead atoms. The Morgan fingerprint density at radius 2 is 1.94 bits per heavy atom. The smallest absolute Gasteiger partial charge is 0.221 e. The van der Waals surface area contributed by atoms with Gasteiger partial charge in [-0.2, -0.15) is 0 Å². The number of carbonyl (C=O) groups excluding carboxylic acids is 1. The number of halogens is 1. The molecule has 1 atom stereocenters. The molecule has 0 spiro atoms. The summed E-state index contributed by atoms with van der Waals surface area (Å²) < 4.78 is 18.5. The van der Waals surface area contributed by atoms with Gasteiger partial charge in [-0.1, -0.05) is 30.0 Å². The number of carbonyl (C=O) groups is 1. The second-order valence-electron chi connectivity index (χ2n) is 7.20. The van der Waals surface area contributed by atoms with Crippen LogP contribution in [0.5, 0.6) is 5.75 Å². The minimum absolute atomic E-state index is 0.0959. The number of hydrogen-bond acceptors (Lipinski definition) is 6. The maximum atomic E-state index is 13.2. The number of aromatic amines is 1. The summed E-state index contributed by atoms with van der Waals surface area (Å²) in [7, 11) is 1.61. The van der Waals surface area contributed by atoms with Crippen molar-refractivity contribution in [1.82, 2.24) is 25.5 Å². The number of amides is 1. The molecule has 2 aromatic carbocycles. The number of aromatic nitrogens is 4. The van der Waals surface area contributed by atoms with Gasteiger partial charge in [0, 0.05) is 36.2 Å². The van der Waals surface area contributed by atoms with Crippen LogP contribution in [0.15, 0.2) is 78.2 Å². The predicted molar refractivity (Wildman–Crippen MR) is 124 cm³/mol. The molecule has 0 aliphatic carbocycles. The summed E-state index contributed by atoms with van der Waals surface area (Å²) in [5.41, 5.74) is 2.61. The summed E-state index contributed by atoms with van der Waals surface area (Å²) in [5, 5.41) is 10.4. The number of thioether (sulfide) groups is 1. The maximum absolute atomic E-state index is 13.2. The van der Waals surface area contributed by atoms with Gasteiger partial charge in [0.15, 0.2) is 5.82 Å². The van der Waals surface area contributed by atoms with Gasteiger partial charge in [0.05, 0.1) is 7.11 Å². The lowest BCUT2D eigenvalue weighted by Gasteiger charge is -2.16. The van der Waals surface area contributed by atoms with Crippen molar-refractivity contribution in [2.75, 3.05) is 7.11 Å². The third-order valence-electron chi connectivity index (χ3n) is 4.90. The van der Waals surface area contributed by atoms with Gasteiger partial charge in [-0.3, -0.25) is 14.9 Å². The molecule has 2 N–H and O–H groups in total. The van der Waals surface area contributed by atoms with Crippen LogP contribution < -0.4 is 10.1 Å². The molecular formula is C24H22FN5O2S. The fourth-order valence-electron chi connectivity index (χ4n) is 3.15. The van der Waals surface area contributed by atoms with Crippen molar-refractivity contribution in [3.8, 4) is 17.1 Å². The second-order valence-corrected chi connectivity index (χ2v) is 8.37. The van der Waals surface area contributed by atoms with Gasteiger partial charge in [0.1, 0.15) is 11.6 Å². The van der Waals surface area contributed by atoms with Crippen LogP contribution in [-0.2, 0) is 11.3 Å². The number of pyridine rings is 1. The molecule has 2 aromatic heterocycles. The van der Waals surface area contributed by atoms with E-state index in [1.54, 1.807) is 31.6 Å². The van der Waals surface area contributed by atoms with Crippen LogP contribution in [0.25, 0.3) is 11.4 Å². The molecule has 0 aliphatic heterocycles. The van der Waals surface area contributed by atoms with E-state index in [9.17, 15) is 9.18 Å². The number of ether oxygens (including phenoxy) is 1. The van der Waals surface area contributed by atoms with Gasteiger partial charge in [-0.25, -0.2) is 9.37 Å².